The van der Waals surface area contributed by atoms with Gasteiger partial charge in [0.25, 0.3) is 0 Å². The van der Waals surface area contributed by atoms with Gasteiger partial charge in [-0.2, -0.15) is 0 Å². The second kappa shape index (κ2) is 4.35. The first-order valence-electron chi connectivity index (χ1n) is 4.70. The van der Waals surface area contributed by atoms with Crippen molar-refractivity contribution in [2.75, 3.05) is 31.1 Å². The normalized spacial score (nSPS) is 18.5. The van der Waals surface area contributed by atoms with Crippen LogP contribution in [0.25, 0.3) is 0 Å². The van der Waals surface area contributed by atoms with Gasteiger partial charge in [0.15, 0.2) is 0 Å². The number of hydrogen-bond acceptors (Lipinski definition) is 3. The molecule has 1 aromatic carbocycles. The number of rotatable bonds is 1. The van der Waals surface area contributed by atoms with E-state index in [-0.39, 0.29) is 0 Å². The van der Waals surface area contributed by atoms with E-state index < -0.39 is 0 Å². The molecular formula is C10H13IN2O. The van der Waals surface area contributed by atoms with Gasteiger partial charge in [0.1, 0.15) is 5.75 Å². The highest BCUT2D eigenvalue weighted by atomic mass is 127. The molecule has 1 heterocycles. The zero-order valence-electron chi connectivity index (χ0n) is 7.86. The summed E-state index contributed by atoms with van der Waals surface area (Å²) in [6, 6.07) is 7.42. The number of phenols is 1. The van der Waals surface area contributed by atoms with E-state index in [9.17, 15) is 0 Å². The van der Waals surface area contributed by atoms with Crippen molar-refractivity contribution in [3.05, 3.63) is 24.3 Å². The number of piperazine rings is 1. The molecule has 1 saturated heterocycles. The lowest BCUT2D eigenvalue weighted by atomic mass is 10.2. The summed E-state index contributed by atoms with van der Waals surface area (Å²) in [6.07, 6.45) is 0. The average Bonchev–Trinajstić information content (AvgIpc) is 2.21. The number of aromatic hydroxyl groups is 1. The largest absolute Gasteiger partial charge is 0.508 e. The van der Waals surface area contributed by atoms with Crippen LogP contribution in [-0.4, -0.2) is 34.4 Å². The Morgan fingerprint density at radius 1 is 1.00 bits per heavy atom. The monoisotopic (exact) mass is 304 g/mol. The lowest BCUT2D eigenvalue weighted by Crippen LogP contribution is -2.42. The van der Waals surface area contributed by atoms with Crippen LogP contribution >= 0.6 is 22.9 Å². The number of halogens is 1. The molecule has 1 N–H and O–H groups in total. The Labute approximate surface area is 97.8 Å². The molecule has 3 nitrogen and oxygen atoms in total. The average molecular weight is 304 g/mol. The first kappa shape index (κ1) is 10.0. The molecule has 2 rings (SSSR count). The van der Waals surface area contributed by atoms with Crippen LogP contribution in [0.4, 0.5) is 5.69 Å². The first-order chi connectivity index (χ1) is 6.75. The Morgan fingerprint density at radius 3 is 2.14 bits per heavy atom. The molecule has 0 amide bonds. The highest BCUT2D eigenvalue weighted by molar-refractivity contribution is 14.1. The highest BCUT2D eigenvalue weighted by Gasteiger charge is 2.14. The Bertz CT molecular complexity index is 293. The topological polar surface area (TPSA) is 26.7 Å². The minimum absolute atomic E-state index is 0.335. The van der Waals surface area contributed by atoms with Gasteiger partial charge in [-0.25, -0.2) is 3.11 Å². The maximum Gasteiger partial charge on any atom is 0.115 e. The van der Waals surface area contributed by atoms with E-state index in [1.54, 1.807) is 12.1 Å². The van der Waals surface area contributed by atoms with Crippen LogP contribution in [0.2, 0.25) is 0 Å². The zero-order chi connectivity index (χ0) is 9.97. The highest BCUT2D eigenvalue weighted by Crippen LogP contribution is 2.20. The molecule has 14 heavy (non-hydrogen) atoms. The smallest absolute Gasteiger partial charge is 0.115 e. The van der Waals surface area contributed by atoms with Crippen molar-refractivity contribution >= 4 is 28.6 Å². The SMILES string of the molecule is Oc1ccc(N2CCN(I)CC2)cc1. The molecule has 0 atom stereocenters. The molecule has 1 aliphatic rings. The number of nitrogens with zero attached hydrogens (tertiary/aromatic N) is 2. The zero-order valence-corrected chi connectivity index (χ0v) is 10.0. The van der Waals surface area contributed by atoms with Crippen LogP contribution in [-0.2, 0) is 0 Å². The third-order valence-electron chi connectivity index (χ3n) is 2.44. The Kier molecular flexibility index (Phi) is 3.12. The number of phenolic OH excluding ortho intramolecular Hbond substituents is 1. The van der Waals surface area contributed by atoms with E-state index in [2.05, 4.69) is 30.9 Å². The van der Waals surface area contributed by atoms with E-state index >= 15 is 0 Å². The molecule has 4 heteroatoms. The molecule has 0 saturated carbocycles. The van der Waals surface area contributed by atoms with Gasteiger partial charge < -0.3 is 10.0 Å². The molecule has 0 spiro atoms. The molecule has 0 radical (unpaired) electrons. The van der Waals surface area contributed by atoms with Crippen LogP contribution in [0.1, 0.15) is 0 Å². The van der Waals surface area contributed by atoms with Crippen molar-refractivity contribution < 1.29 is 5.11 Å². The molecule has 1 aromatic rings. The molecule has 0 bridgehead atoms. The van der Waals surface area contributed by atoms with Gasteiger partial charge in [0.05, 0.1) is 0 Å². The Hall–Kier alpha value is -0.490. The lowest BCUT2D eigenvalue weighted by Gasteiger charge is -2.32. The third kappa shape index (κ3) is 2.30. The molecule has 1 aliphatic heterocycles. The molecule has 0 aliphatic carbocycles. The van der Waals surface area contributed by atoms with E-state index in [1.165, 1.54) is 5.69 Å². The van der Waals surface area contributed by atoms with E-state index in [4.69, 9.17) is 5.11 Å². The van der Waals surface area contributed by atoms with Gasteiger partial charge in [-0.05, 0) is 24.3 Å². The van der Waals surface area contributed by atoms with Gasteiger partial charge in [-0.15, -0.1) is 0 Å². The Morgan fingerprint density at radius 2 is 1.57 bits per heavy atom. The molecule has 0 unspecified atom stereocenters. The maximum atomic E-state index is 9.17. The summed E-state index contributed by atoms with van der Waals surface area (Å²) in [7, 11) is 0. The summed E-state index contributed by atoms with van der Waals surface area (Å²) in [6.45, 7) is 4.32. The summed E-state index contributed by atoms with van der Waals surface area (Å²) in [5.41, 5.74) is 1.20. The van der Waals surface area contributed by atoms with E-state index in [0.29, 0.717) is 5.75 Å². The van der Waals surface area contributed by atoms with E-state index in [1.807, 2.05) is 12.1 Å². The summed E-state index contributed by atoms with van der Waals surface area (Å²) in [5.74, 6) is 0.335. The minimum atomic E-state index is 0.335. The van der Waals surface area contributed by atoms with Crippen molar-refractivity contribution in [1.29, 1.82) is 0 Å². The fourth-order valence-electron chi connectivity index (χ4n) is 1.60. The van der Waals surface area contributed by atoms with E-state index in [0.717, 1.165) is 26.2 Å². The van der Waals surface area contributed by atoms with Crippen LogP contribution in [0.15, 0.2) is 24.3 Å². The number of hydrogen-bond donors (Lipinski definition) is 1. The van der Waals surface area contributed by atoms with Crippen LogP contribution < -0.4 is 4.90 Å². The first-order valence-corrected chi connectivity index (χ1v) is 5.67. The quantitative estimate of drug-likeness (QED) is 0.634. The molecule has 76 valence electrons. The van der Waals surface area contributed by atoms with Crippen molar-refractivity contribution in [2.24, 2.45) is 0 Å². The van der Waals surface area contributed by atoms with Crippen molar-refractivity contribution in [3.63, 3.8) is 0 Å². The van der Waals surface area contributed by atoms with Crippen LogP contribution in [0.5, 0.6) is 5.75 Å². The predicted molar refractivity (Wildman–Crippen MR) is 65.9 cm³/mol. The lowest BCUT2D eigenvalue weighted by molar-refractivity contribution is 0.459. The maximum absolute atomic E-state index is 9.17. The molecule has 1 fully saturated rings. The second-order valence-electron chi connectivity index (χ2n) is 3.41. The third-order valence-corrected chi connectivity index (χ3v) is 3.40. The van der Waals surface area contributed by atoms with Crippen LogP contribution in [0.3, 0.4) is 0 Å². The number of anilines is 1. The molecular weight excluding hydrogens is 291 g/mol. The van der Waals surface area contributed by atoms with Gasteiger partial charge >= 0.3 is 0 Å². The van der Waals surface area contributed by atoms with Crippen molar-refractivity contribution in [2.45, 2.75) is 0 Å². The van der Waals surface area contributed by atoms with Gasteiger partial charge in [0, 0.05) is 54.7 Å². The Balaban J connectivity index is 2.05. The van der Waals surface area contributed by atoms with Crippen molar-refractivity contribution in [3.8, 4) is 5.75 Å². The second-order valence-corrected chi connectivity index (χ2v) is 4.78. The molecule has 0 aromatic heterocycles. The summed E-state index contributed by atoms with van der Waals surface area (Å²) < 4.78 is 2.30. The summed E-state index contributed by atoms with van der Waals surface area (Å²) in [4.78, 5) is 2.34. The standard InChI is InChI=1S/C10H13IN2O/c11-13-7-5-12(6-8-13)9-1-3-10(14)4-2-9/h1-4,14H,5-8H2. The fraction of sp³-hybridized carbons (Fsp3) is 0.400. The van der Waals surface area contributed by atoms with Gasteiger partial charge in [-0.1, -0.05) is 0 Å². The van der Waals surface area contributed by atoms with Crippen molar-refractivity contribution in [1.82, 2.24) is 3.11 Å². The fourth-order valence-corrected chi connectivity index (χ4v) is 2.04. The van der Waals surface area contributed by atoms with Gasteiger partial charge in [-0.3, -0.25) is 0 Å². The predicted octanol–water partition coefficient (Wildman–Crippen LogP) is 1.86. The number of benzene rings is 1. The summed E-state index contributed by atoms with van der Waals surface area (Å²) in [5, 5.41) is 9.17. The van der Waals surface area contributed by atoms with Crippen LogP contribution in [0, 0.1) is 0 Å². The summed E-state index contributed by atoms with van der Waals surface area (Å²) >= 11 is 2.36. The van der Waals surface area contributed by atoms with Gasteiger partial charge in [0.2, 0.25) is 0 Å². The minimum Gasteiger partial charge on any atom is -0.508 e.